The van der Waals surface area contributed by atoms with Crippen LogP contribution in [0.5, 0.6) is 0 Å². The number of anilines is 1. The van der Waals surface area contributed by atoms with Crippen molar-refractivity contribution >= 4 is 16.6 Å². The van der Waals surface area contributed by atoms with Crippen molar-refractivity contribution in [2.45, 2.75) is 6.10 Å². The standard InChI is InChI=1S/C14H17FN2O2/c1-17(8-11(18)9-19-2)14-5-6-16-13-7-10(15)3-4-12(13)14/h3-7,11,18H,8-9H2,1-2H3. The molecule has 1 unspecified atom stereocenters. The summed E-state index contributed by atoms with van der Waals surface area (Å²) in [5.41, 5.74) is 1.51. The fraction of sp³-hybridized carbons (Fsp3) is 0.357. The summed E-state index contributed by atoms with van der Waals surface area (Å²) in [6, 6.07) is 6.36. The van der Waals surface area contributed by atoms with E-state index in [4.69, 9.17) is 4.74 Å². The second-order valence-electron chi connectivity index (χ2n) is 4.48. The van der Waals surface area contributed by atoms with E-state index in [2.05, 4.69) is 4.98 Å². The molecule has 0 spiro atoms. The van der Waals surface area contributed by atoms with Gasteiger partial charge < -0.3 is 14.7 Å². The number of fused-ring (bicyclic) bond motifs is 1. The highest BCUT2D eigenvalue weighted by Crippen LogP contribution is 2.25. The van der Waals surface area contributed by atoms with Crippen LogP contribution in [0.15, 0.2) is 30.5 Å². The first kappa shape index (κ1) is 13.7. The Morgan fingerprint density at radius 2 is 2.21 bits per heavy atom. The molecule has 1 aromatic heterocycles. The first-order valence-electron chi connectivity index (χ1n) is 6.04. The van der Waals surface area contributed by atoms with Crippen molar-refractivity contribution in [2.24, 2.45) is 0 Å². The third-order valence-corrected chi connectivity index (χ3v) is 2.94. The van der Waals surface area contributed by atoms with E-state index in [0.717, 1.165) is 11.1 Å². The Kier molecular flexibility index (Phi) is 4.29. The van der Waals surface area contributed by atoms with Crippen LogP contribution in [-0.2, 0) is 4.74 Å². The van der Waals surface area contributed by atoms with Crippen LogP contribution >= 0.6 is 0 Å². The molecule has 0 fully saturated rings. The van der Waals surface area contributed by atoms with E-state index in [1.54, 1.807) is 19.4 Å². The smallest absolute Gasteiger partial charge is 0.125 e. The van der Waals surface area contributed by atoms with E-state index >= 15 is 0 Å². The van der Waals surface area contributed by atoms with E-state index in [9.17, 15) is 9.50 Å². The number of rotatable bonds is 5. The summed E-state index contributed by atoms with van der Waals surface area (Å²) in [7, 11) is 3.42. The molecule has 0 radical (unpaired) electrons. The number of pyridine rings is 1. The van der Waals surface area contributed by atoms with Gasteiger partial charge in [0.2, 0.25) is 0 Å². The van der Waals surface area contributed by atoms with Gasteiger partial charge in [-0.05, 0) is 18.2 Å². The average Bonchev–Trinajstić information content (AvgIpc) is 2.37. The molecule has 1 aromatic carbocycles. The summed E-state index contributed by atoms with van der Waals surface area (Å²) < 4.78 is 18.1. The number of aromatic nitrogens is 1. The number of halogens is 1. The summed E-state index contributed by atoms with van der Waals surface area (Å²) in [4.78, 5) is 6.06. The molecule has 102 valence electrons. The van der Waals surface area contributed by atoms with Crippen molar-refractivity contribution in [1.82, 2.24) is 4.98 Å². The minimum Gasteiger partial charge on any atom is -0.389 e. The van der Waals surface area contributed by atoms with Crippen molar-refractivity contribution in [3.63, 3.8) is 0 Å². The summed E-state index contributed by atoms with van der Waals surface area (Å²) in [5.74, 6) is -0.306. The molecule has 1 N–H and O–H groups in total. The number of aliphatic hydroxyl groups is 1. The molecule has 0 aliphatic rings. The van der Waals surface area contributed by atoms with Crippen molar-refractivity contribution < 1.29 is 14.2 Å². The number of nitrogens with zero attached hydrogens (tertiary/aromatic N) is 2. The number of ether oxygens (including phenoxy) is 1. The lowest BCUT2D eigenvalue weighted by atomic mass is 10.1. The van der Waals surface area contributed by atoms with Crippen LogP contribution in [-0.4, -0.2) is 43.5 Å². The molecule has 2 rings (SSSR count). The summed E-state index contributed by atoms with van der Waals surface area (Å²) in [6.07, 6.45) is 1.06. The Labute approximate surface area is 111 Å². The Bertz CT molecular complexity index is 562. The molecule has 0 aliphatic heterocycles. The first-order valence-corrected chi connectivity index (χ1v) is 6.04. The maximum Gasteiger partial charge on any atom is 0.125 e. The van der Waals surface area contributed by atoms with E-state index < -0.39 is 6.10 Å². The van der Waals surface area contributed by atoms with Gasteiger partial charge in [0, 0.05) is 44.0 Å². The zero-order valence-electron chi connectivity index (χ0n) is 11.0. The largest absolute Gasteiger partial charge is 0.389 e. The molecule has 0 amide bonds. The van der Waals surface area contributed by atoms with Gasteiger partial charge in [-0.2, -0.15) is 0 Å². The molecule has 0 bridgehead atoms. The quantitative estimate of drug-likeness (QED) is 0.894. The van der Waals surface area contributed by atoms with Gasteiger partial charge in [0.25, 0.3) is 0 Å². The Balaban J connectivity index is 2.29. The fourth-order valence-corrected chi connectivity index (χ4v) is 2.10. The average molecular weight is 264 g/mol. The molecule has 2 aromatic rings. The lowest BCUT2D eigenvalue weighted by molar-refractivity contribution is 0.0695. The first-order chi connectivity index (χ1) is 9.11. The maximum absolute atomic E-state index is 13.2. The third kappa shape index (κ3) is 3.19. The molecule has 0 saturated heterocycles. The molecule has 1 atom stereocenters. The highest BCUT2D eigenvalue weighted by Gasteiger charge is 2.11. The second-order valence-corrected chi connectivity index (χ2v) is 4.48. The van der Waals surface area contributed by atoms with Crippen molar-refractivity contribution in [3.8, 4) is 0 Å². The highest BCUT2D eigenvalue weighted by molar-refractivity contribution is 5.91. The minimum atomic E-state index is -0.571. The van der Waals surface area contributed by atoms with Crippen LogP contribution in [0.25, 0.3) is 10.9 Å². The maximum atomic E-state index is 13.2. The number of benzene rings is 1. The van der Waals surface area contributed by atoms with Crippen molar-refractivity contribution in [1.29, 1.82) is 0 Å². The fourth-order valence-electron chi connectivity index (χ4n) is 2.10. The molecule has 19 heavy (non-hydrogen) atoms. The topological polar surface area (TPSA) is 45.6 Å². The van der Waals surface area contributed by atoms with Crippen LogP contribution in [0, 0.1) is 5.82 Å². The predicted molar refractivity (Wildman–Crippen MR) is 72.9 cm³/mol. The zero-order valence-corrected chi connectivity index (χ0v) is 11.0. The van der Waals surface area contributed by atoms with Gasteiger partial charge in [0.1, 0.15) is 5.82 Å². The van der Waals surface area contributed by atoms with Crippen LogP contribution in [0.1, 0.15) is 0 Å². The minimum absolute atomic E-state index is 0.280. The predicted octanol–water partition coefficient (Wildman–Crippen LogP) is 1.82. The van der Waals surface area contributed by atoms with Gasteiger partial charge in [-0.3, -0.25) is 4.98 Å². The van der Waals surface area contributed by atoms with E-state index in [1.807, 2.05) is 18.0 Å². The second kappa shape index (κ2) is 5.95. The van der Waals surface area contributed by atoms with Gasteiger partial charge in [0.15, 0.2) is 0 Å². The highest BCUT2D eigenvalue weighted by atomic mass is 19.1. The zero-order chi connectivity index (χ0) is 13.8. The van der Waals surface area contributed by atoms with E-state index in [1.165, 1.54) is 12.1 Å². The van der Waals surface area contributed by atoms with Crippen molar-refractivity contribution in [3.05, 3.63) is 36.3 Å². The van der Waals surface area contributed by atoms with Gasteiger partial charge >= 0.3 is 0 Å². The van der Waals surface area contributed by atoms with Gasteiger partial charge in [0.05, 0.1) is 18.2 Å². The lowest BCUT2D eigenvalue weighted by Gasteiger charge is -2.23. The van der Waals surface area contributed by atoms with Crippen molar-refractivity contribution in [2.75, 3.05) is 32.2 Å². The van der Waals surface area contributed by atoms with Crippen LogP contribution in [0.3, 0.4) is 0 Å². The molecule has 1 heterocycles. The van der Waals surface area contributed by atoms with E-state index in [-0.39, 0.29) is 12.4 Å². The molecule has 4 nitrogen and oxygen atoms in total. The number of hydrogen-bond acceptors (Lipinski definition) is 4. The summed E-state index contributed by atoms with van der Waals surface area (Å²) in [5, 5.41) is 10.6. The monoisotopic (exact) mass is 264 g/mol. The van der Waals surface area contributed by atoms with Crippen LogP contribution in [0.4, 0.5) is 10.1 Å². The molecule has 5 heteroatoms. The van der Waals surface area contributed by atoms with Gasteiger partial charge in [-0.25, -0.2) is 4.39 Å². The number of hydrogen-bond donors (Lipinski definition) is 1. The summed E-state index contributed by atoms with van der Waals surface area (Å²) in [6.45, 7) is 0.715. The van der Waals surface area contributed by atoms with Gasteiger partial charge in [-0.1, -0.05) is 0 Å². The molecule has 0 aliphatic carbocycles. The van der Waals surface area contributed by atoms with Crippen LogP contribution < -0.4 is 4.90 Å². The van der Waals surface area contributed by atoms with E-state index in [0.29, 0.717) is 12.1 Å². The molecular weight excluding hydrogens is 247 g/mol. The lowest BCUT2D eigenvalue weighted by Crippen LogP contribution is -2.32. The van der Waals surface area contributed by atoms with Crippen LogP contribution in [0.2, 0.25) is 0 Å². The normalized spacial score (nSPS) is 12.6. The Hall–Kier alpha value is -1.72. The van der Waals surface area contributed by atoms with Gasteiger partial charge in [-0.15, -0.1) is 0 Å². The Morgan fingerprint density at radius 1 is 1.42 bits per heavy atom. The number of likely N-dealkylation sites (N-methyl/N-ethyl adjacent to an activating group) is 1. The SMILES string of the molecule is COCC(O)CN(C)c1ccnc2cc(F)ccc12. The molecule has 0 saturated carbocycles. The number of methoxy groups -OCH3 is 1. The summed E-state index contributed by atoms with van der Waals surface area (Å²) >= 11 is 0. The third-order valence-electron chi connectivity index (χ3n) is 2.94. The molecular formula is C14H17FN2O2. The Morgan fingerprint density at radius 3 is 2.95 bits per heavy atom. The number of aliphatic hydroxyl groups excluding tert-OH is 1.